The lowest BCUT2D eigenvalue weighted by Crippen LogP contribution is -2.27. The van der Waals surface area contributed by atoms with Gasteiger partial charge < -0.3 is 0 Å². The van der Waals surface area contributed by atoms with E-state index in [4.69, 9.17) is 11.6 Å². The summed E-state index contributed by atoms with van der Waals surface area (Å²) < 4.78 is 1.51. The number of halogens is 1. The Morgan fingerprint density at radius 2 is 2.10 bits per heavy atom. The van der Waals surface area contributed by atoms with Crippen LogP contribution in [0.4, 0.5) is 0 Å². The Balaban J connectivity index is 1.70. The topological polar surface area (TPSA) is 50.5 Å². The second kappa shape index (κ2) is 5.46. The molecule has 20 heavy (non-hydrogen) atoms. The Bertz CT molecular complexity index is 650. The van der Waals surface area contributed by atoms with Gasteiger partial charge in [-0.15, -0.1) is 0 Å². The summed E-state index contributed by atoms with van der Waals surface area (Å²) in [7, 11) is 0. The van der Waals surface area contributed by atoms with Gasteiger partial charge in [-0.05, 0) is 5.56 Å². The molecule has 0 atom stereocenters. The van der Waals surface area contributed by atoms with Crippen LogP contribution in [0.2, 0.25) is 5.02 Å². The van der Waals surface area contributed by atoms with Gasteiger partial charge in [0.25, 0.3) is 5.91 Å². The molecular weight excluding hydrogens is 276 g/mol. The fraction of sp³-hybridized carbons (Fsp3) is 0.214. The summed E-state index contributed by atoms with van der Waals surface area (Å²) >= 11 is 5.77. The van der Waals surface area contributed by atoms with Gasteiger partial charge in [-0.25, -0.2) is 5.01 Å². The van der Waals surface area contributed by atoms with Crippen LogP contribution in [0.15, 0.2) is 47.8 Å². The third kappa shape index (κ3) is 2.72. The van der Waals surface area contributed by atoms with Gasteiger partial charge >= 0.3 is 0 Å². The number of hydrazone groups is 1. The van der Waals surface area contributed by atoms with Gasteiger partial charge in [-0.2, -0.15) is 10.2 Å². The molecule has 2 heterocycles. The van der Waals surface area contributed by atoms with E-state index in [1.165, 1.54) is 15.9 Å². The minimum atomic E-state index is -0.0873. The molecule has 0 spiro atoms. The molecule has 0 fully saturated rings. The minimum absolute atomic E-state index is 0.0873. The lowest BCUT2D eigenvalue weighted by Gasteiger charge is -2.10. The SMILES string of the molecule is O=C(Cn1cc(Cl)cn1)N1CCC(c2ccccc2)=N1. The summed E-state index contributed by atoms with van der Waals surface area (Å²) in [6.07, 6.45) is 3.91. The summed E-state index contributed by atoms with van der Waals surface area (Å²) in [6.45, 7) is 0.760. The Morgan fingerprint density at radius 3 is 2.80 bits per heavy atom. The number of benzene rings is 1. The highest BCUT2D eigenvalue weighted by Crippen LogP contribution is 2.14. The number of nitrogens with zero attached hydrogens (tertiary/aromatic N) is 4. The van der Waals surface area contributed by atoms with Gasteiger partial charge in [0.15, 0.2) is 0 Å². The lowest BCUT2D eigenvalue weighted by molar-refractivity contribution is -0.131. The predicted molar refractivity (Wildman–Crippen MR) is 76.5 cm³/mol. The molecule has 0 radical (unpaired) electrons. The molecular formula is C14H13ClN4O. The average Bonchev–Trinajstić information content (AvgIpc) is 3.09. The summed E-state index contributed by atoms with van der Waals surface area (Å²) in [6, 6.07) is 9.89. The van der Waals surface area contributed by atoms with Crippen molar-refractivity contribution >= 4 is 23.2 Å². The molecule has 1 aromatic carbocycles. The molecule has 6 heteroatoms. The molecule has 1 aromatic heterocycles. The van der Waals surface area contributed by atoms with Crippen molar-refractivity contribution in [1.29, 1.82) is 0 Å². The number of hydrogen-bond acceptors (Lipinski definition) is 3. The molecule has 0 saturated heterocycles. The van der Waals surface area contributed by atoms with Crippen LogP contribution in [-0.2, 0) is 11.3 Å². The van der Waals surface area contributed by atoms with Crippen molar-refractivity contribution in [3.8, 4) is 0 Å². The van der Waals surface area contributed by atoms with Crippen molar-refractivity contribution in [2.75, 3.05) is 6.54 Å². The predicted octanol–water partition coefficient (Wildman–Crippen LogP) is 2.17. The van der Waals surface area contributed by atoms with Gasteiger partial charge in [0.05, 0.1) is 23.5 Å². The van der Waals surface area contributed by atoms with Crippen LogP contribution in [-0.4, -0.2) is 33.0 Å². The second-order valence-corrected chi connectivity index (χ2v) is 4.97. The Kier molecular flexibility index (Phi) is 3.52. The van der Waals surface area contributed by atoms with Crippen LogP contribution >= 0.6 is 11.6 Å². The van der Waals surface area contributed by atoms with E-state index in [2.05, 4.69) is 10.2 Å². The zero-order valence-corrected chi connectivity index (χ0v) is 11.5. The van der Waals surface area contributed by atoms with Crippen LogP contribution < -0.4 is 0 Å². The van der Waals surface area contributed by atoms with Gasteiger partial charge in [0.1, 0.15) is 6.54 Å². The number of amides is 1. The normalized spacial score (nSPS) is 14.4. The molecule has 0 aliphatic carbocycles. The fourth-order valence-corrected chi connectivity index (χ4v) is 2.27. The first kappa shape index (κ1) is 12.9. The maximum Gasteiger partial charge on any atom is 0.264 e. The number of rotatable bonds is 3. The minimum Gasteiger partial charge on any atom is -0.271 e. The summed E-state index contributed by atoms with van der Waals surface area (Å²) in [5.74, 6) is -0.0873. The second-order valence-electron chi connectivity index (χ2n) is 4.54. The molecule has 0 unspecified atom stereocenters. The van der Waals surface area contributed by atoms with Crippen LogP contribution in [0.1, 0.15) is 12.0 Å². The average molecular weight is 289 g/mol. The van der Waals surface area contributed by atoms with Crippen LogP contribution in [0.3, 0.4) is 0 Å². The van der Waals surface area contributed by atoms with Gasteiger partial charge in [0.2, 0.25) is 0 Å². The van der Waals surface area contributed by atoms with Crippen molar-refractivity contribution in [3.05, 3.63) is 53.3 Å². The number of aromatic nitrogens is 2. The first-order valence-electron chi connectivity index (χ1n) is 6.33. The van der Waals surface area contributed by atoms with E-state index in [1.54, 1.807) is 6.20 Å². The zero-order valence-electron chi connectivity index (χ0n) is 10.7. The number of carbonyl (C=O) groups excluding carboxylic acids is 1. The van der Waals surface area contributed by atoms with E-state index in [1.807, 2.05) is 30.3 Å². The smallest absolute Gasteiger partial charge is 0.264 e. The Morgan fingerprint density at radius 1 is 1.30 bits per heavy atom. The largest absolute Gasteiger partial charge is 0.271 e. The van der Waals surface area contributed by atoms with Gasteiger partial charge in [-0.3, -0.25) is 9.48 Å². The van der Waals surface area contributed by atoms with Crippen molar-refractivity contribution < 1.29 is 4.79 Å². The van der Waals surface area contributed by atoms with E-state index in [0.29, 0.717) is 11.6 Å². The van der Waals surface area contributed by atoms with Gasteiger partial charge in [0, 0.05) is 12.6 Å². The van der Waals surface area contributed by atoms with Crippen molar-refractivity contribution in [1.82, 2.24) is 14.8 Å². The van der Waals surface area contributed by atoms with Crippen LogP contribution in [0, 0.1) is 0 Å². The molecule has 1 aliphatic heterocycles. The van der Waals surface area contributed by atoms with E-state index < -0.39 is 0 Å². The first-order chi connectivity index (χ1) is 9.72. The highest BCUT2D eigenvalue weighted by molar-refractivity contribution is 6.30. The quantitative estimate of drug-likeness (QED) is 0.869. The maximum atomic E-state index is 12.1. The zero-order chi connectivity index (χ0) is 13.9. The van der Waals surface area contributed by atoms with Crippen LogP contribution in [0.5, 0.6) is 0 Å². The number of hydrogen-bond donors (Lipinski definition) is 0. The standard InChI is InChI=1S/C14H13ClN4O/c15-12-8-16-18(9-12)10-14(20)19-7-6-13(17-19)11-4-2-1-3-5-11/h1-5,8-9H,6-7,10H2. The molecule has 1 amide bonds. The highest BCUT2D eigenvalue weighted by atomic mass is 35.5. The Labute approximate surface area is 121 Å². The third-order valence-electron chi connectivity index (χ3n) is 3.10. The fourth-order valence-electron chi connectivity index (χ4n) is 2.12. The van der Waals surface area contributed by atoms with Crippen molar-refractivity contribution in [2.24, 2.45) is 5.10 Å². The van der Waals surface area contributed by atoms with Crippen molar-refractivity contribution in [3.63, 3.8) is 0 Å². The molecule has 102 valence electrons. The van der Waals surface area contributed by atoms with E-state index in [-0.39, 0.29) is 12.5 Å². The molecule has 5 nitrogen and oxygen atoms in total. The Hall–Kier alpha value is -2.14. The molecule has 1 aliphatic rings. The summed E-state index contributed by atoms with van der Waals surface area (Å²) in [4.78, 5) is 12.1. The third-order valence-corrected chi connectivity index (χ3v) is 3.29. The maximum absolute atomic E-state index is 12.1. The molecule has 0 bridgehead atoms. The summed E-state index contributed by atoms with van der Waals surface area (Å²) in [5, 5.41) is 10.4. The van der Waals surface area contributed by atoms with E-state index >= 15 is 0 Å². The van der Waals surface area contributed by atoms with Crippen LogP contribution in [0.25, 0.3) is 0 Å². The van der Waals surface area contributed by atoms with Crippen molar-refractivity contribution in [2.45, 2.75) is 13.0 Å². The lowest BCUT2D eigenvalue weighted by atomic mass is 10.1. The van der Waals surface area contributed by atoms with Gasteiger partial charge in [-0.1, -0.05) is 41.9 Å². The first-order valence-corrected chi connectivity index (χ1v) is 6.71. The monoisotopic (exact) mass is 288 g/mol. The number of carbonyl (C=O) groups is 1. The van der Waals surface area contributed by atoms with E-state index in [0.717, 1.165) is 17.7 Å². The molecule has 0 saturated carbocycles. The molecule has 3 rings (SSSR count). The summed E-state index contributed by atoms with van der Waals surface area (Å²) in [5.41, 5.74) is 2.00. The molecule has 2 aromatic rings. The molecule has 0 N–H and O–H groups in total. The van der Waals surface area contributed by atoms with E-state index in [9.17, 15) is 4.79 Å². The highest BCUT2D eigenvalue weighted by Gasteiger charge is 2.21.